The summed E-state index contributed by atoms with van der Waals surface area (Å²) in [5, 5.41) is 12.8. The van der Waals surface area contributed by atoms with Gasteiger partial charge in [-0.05, 0) is 42.7 Å². The molecule has 9 nitrogen and oxygen atoms in total. The predicted octanol–water partition coefficient (Wildman–Crippen LogP) is 3.03. The quantitative estimate of drug-likeness (QED) is 0.611. The number of benzene rings is 1. The molecule has 1 aliphatic heterocycles. The SMILES string of the molecule is CC1CCN(C(=O)Nc2ccc(C(=O)O)cc2)CC1N(C)c1ncnc2[nH]ccc12. The average molecular weight is 408 g/mol. The van der Waals surface area contributed by atoms with E-state index in [1.165, 1.54) is 12.1 Å². The van der Waals surface area contributed by atoms with E-state index in [1.807, 2.05) is 19.3 Å². The van der Waals surface area contributed by atoms with E-state index >= 15 is 0 Å². The maximum atomic E-state index is 12.8. The van der Waals surface area contributed by atoms with E-state index in [0.29, 0.717) is 24.7 Å². The van der Waals surface area contributed by atoms with E-state index in [1.54, 1.807) is 23.4 Å². The molecule has 2 amide bonds. The van der Waals surface area contributed by atoms with Gasteiger partial charge in [-0.1, -0.05) is 6.92 Å². The van der Waals surface area contributed by atoms with E-state index < -0.39 is 5.97 Å². The van der Waals surface area contributed by atoms with Crippen LogP contribution in [0.1, 0.15) is 23.7 Å². The number of rotatable bonds is 4. The van der Waals surface area contributed by atoms with Gasteiger partial charge in [0.15, 0.2) is 0 Å². The second-order valence-corrected chi connectivity index (χ2v) is 7.64. The first-order valence-electron chi connectivity index (χ1n) is 9.84. The van der Waals surface area contributed by atoms with Crippen LogP contribution in [-0.4, -0.2) is 63.1 Å². The second kappa shape index (κ2) is 8.02. The molecule has 2 unspecified atom stereocenters. The zero-order valence-electron chi connectivity index (χ0n) is 16.9. The number of carboxylic acids is 1. The molecule has 156 valence electrons. The summed E-state index contributed by atoms with van der Waals surface area (Å²) < 4.78 is 0. The molecule has 0 spiro atoms. The molecule has 3 N–H and O–H groups in total. The number of amides is 2. The third-order valence-corrected chi connectivity index (χ3v) is 5.75. The zero-order chi connectivity index (χ0) is 21.3. The van der Waals surface area contributed by atoms with Gasteiger partial charge in [-0.25, -0.2) is 19.6 Å². The van der Waals surface area contributed by atoms with Gasteiger partial charge in [0.2, 0.25) is 0 Å². The van der Waals surface area contributed by atoms with E-state index in [2.05, 4.69) is 32.1 Å². The fraction of sp³-hybridized carbons (Fsp3) is 0.333. The highest BCUT2D eigenvalue weighted by atomic mass is 16.4. The van der Waals surface area contributed by atoms with Crippen LogP contribution < -0.4 is 10.2 Å². The van der Waals surface area contributed by atoms with Crippen LogP contribution in [0.5, 0.6) is 0 Å². The lowest BCUT2D eigenvalue weighted by atomic mass is 9.92. The number of aromatic amines is 1. The molecule has 1 aliphatic rings. The fourth-order valence-corrected chi connectivity index (χ4v) is 3.93. The van der Waals surface area contributed by atoms with Gasteiger partial charge in [-0.2, -0.15) is 0 Å². The largest absolute Gasteiger partial charge is 0.478 e. The molecule has 0 aliphatic carbocycles. The monoisotopic (exact) mass is 408 g/mol. The predicted molar refractivity (Wildman–Crippen MR) is 114 cm³/mol. The van der Waals surface area contributed by atoms with Gasteiger partial charge in [0.25, 0.3) is 0 Å². The van der Waals surface area contributed by atoms with Gasteiger partial charge in [-0.15, -0.1) is 0 Å². The Morgan fingerprint density at radius 2 is 2.00 bits per heavy atom. The first-order chi connectivity index (χ1) is 14.4. The number of anilines is 2. The number of hydrogen-bond acceptors (Lipinski definition) is 5. The minimum absolute atomic E-state index is 0.104. The number of carboxylic acid groups (broad SMARTS) is 1. The van der Waals surface area contributed by atoms with Crippen molar-refractivity contribution in [1.82, 2.24) is 19.9 Å². The highest BCUT2D eigenvalue weighted by molar-refractivity contribution is 5.92. The van der Waals surface area contributed by atoms with Crippen LogP contribution in [0, 0.1) is 5.92 Å². The number of hydrogen-bond donors (Lipinski definition) is 3. The number of carbonyl (C=O) groups excluding carboxylic acids is 1. The number of aromatic carboxylic acids is 1. The standard InChI is InChI=1S/C21H24N6O3/c1-13-8-10-27(21(30)25-15-5-3-14(4-6-15)20(28)29)11-17(13)26(2)19-16-7-9-22-18(16)23-12-24-19/h3-7,9,12-13,17H,8,10-11H2,1-2H3,(H,25,30)(H,28,29)(H,22,23,24). The fourth-order valence-electron chi connectivity index (χ4n) is 3.93. The number of nitrogens with zero attached hydrogens (tertiary/aromatic N) is 4. The molecule has 0 saturated carbocycles. The third-order valence-electron chi connectivity index (χ3n) is 5.75. The first-order valence-corrected chi connectivity index (χ1v) is 9.84. The van der Waals surface area contributed by atoms with Gasteiger partial charge >= 0.3 is 12.0 Å². The van der Waals surface area contributed by atoms with Gasteiger partial charge in [0.05, 0.1) is 17.0 Å². The molecule has 9 heteroatoms. The van der Waals surface area contributed by atoms with Crippen molar-refractivity contribution in [3.8, 4) is 0 Å². The first kappa shape index (κ1) is 19.7. The van der Waals surface area contributed by atoms with Gasteiger partial charge in [-0.3, -0.25) is 0 Å². The Morgan fingerprint density at radius 1 is 1.23 bits per heavy atom. The highest BCUT2D eigenvalue weighted by Crippen LogP contribution is 2.28. The van der Waals surface area contributed by atoms with Crippen molar-refractivity contribution in [3.63, 3.8) is 0 Å². The lowest BCUT2D eigenvalue weighted by Crippen LogP contribution is -2.53. The molecule has 2 aromatic heterocycles. The summed E-state index contributed by atoms with van der Waals surface area (Å²) in [5.74, 6) is 0.229. The topological polar surface area (TPSA) is 114 Å². The van der Waals surface area contributed by atoms with Crippen LogP contribution >= 0.6 is 0 Å². The number of aromatic nitrogens is 3. The van der Waals surface area contributed by atoms with Crippen molar-refractivity contribution in [3.05, 3.63) is 48.4 Å². The molecule has 3 heterocycles. The summed E-state index contributed by atoms with van der Waals surface area (Å²) in [6, 6.07) is 8.01. The summed E-state index contributed by atoms with van der Waals surface area (Å²) in [6.45, 7) is 3.41. The van der Waals surface area contributed by atoms with Crippen LogP contribution in [0.3, 0.4) is 0 Å². The maximum Gasteiger partial charge on any atom is 0.335 e. The number of likely N-dealkylation sites (tertiary alicyclic amines) is 1. The summed E-state index contributed by atoms with van der Waals surface area (Å²) >= 11 is 0. The zero-order valence-corrected chi connectivity index (χ0v) is 16.9. The number of nitrogens with one attached hydrogen (secondary N) is 2. The van der Waals surface area contributed by atoms with Crippen LogP contribution in [0.4, 0.5) is 16.3 Å². The van der Waals surface area contributed by atoms with Gasteiger partial charge < -0.3 is 25.2 Å². The third kappa shape index (κ3) is 3.78. The van der Waals surface area contributed by atoms with Crippen molar-refractivity contribution >= 4 is 34.5 Å². The Hall–Kier alpha value is -3.62. The van der Waals surface area contributed by atoms with Crippen LogP contribution in [0.15, 0.2) is 42.9 Å². The Bertz CT molecular complexity index is 1060. The maximum absolute atomic E-state index is 12.8. The molecule has 1 fully saturated rings. The second-order valence-electron chi connectivity index (χ2n) is 7.64. The average Bonchev–Trinajstić information content (AvgIpc) is 3.23. The van der Waals surface area contributed by atoms with E-state index in [0.717, 1.165) is 23.3 Å². The number of carbonyl (C=O) groups is 2. The summed E-state index contributed by atoms with van der Waals surface area (Å²) in [6.07, 6.45) is 4.27. The minimum Gasteiger partial charge on any atom is -0.478 e. The van der Waals surface area contributed by atoms with E-state index in [4.69, 9.17) is 5.11 Å². The van der Waals surface area contributed by atoms with E-state index in [9.17, 15) is 9.59 Å². The van der Waals surface area contributed by atoms with Crippen molar-refractivity contribution in [1.29, 1.82) is 0 Å². The minimum atomic E-state index is -0.995. The Morgan fingerprint density at radius 3 is 2.73 bits per heavy atom. The summed E-state index contributed by atoms with van der Waals surface area (Å²) in [4.78, 5) is 39.6. The molecule has 30 heavy (non-hydrogen) atoms. The van der Waals surface area contributed by atoms with Crippen molar-refractivity contribution in [2.75, 3.05) is 30.4 Å². The molecule has 1 saturated heterocycles. The molecule has 4 rings (SSSR count). The molecular weight excluding hydrogens is 384 g/mol. The number of piperidine rings is 1. The highest BCUT2D eigenvalue weighted by Gasteiger charge is 2.32. The van der Waals surface area contributed by atoms with Gasteiger partial charge in [0.1, 0.15) is 17.8 Å². The molecule has 0 radical (unpaired) electrons. The number of fused-ring (bicyclic) bond motifs is 1. The van der Waals surface area contributed by atoms with Crippen molar-refractivity contribution in [2.45, 2.75) is 19.4 Å². The Labute approximate surface area is 173 Å². The smallest absolute Gasteiger partial charge is 0.335 e. The van der Waals surface area contributed by atoms with Crippen LogP contribution in [0.2, 0.25) is 0 Å². The Kier molecular flexibility index (Phi) is 5.26. The molecule has 2 atom stereocenters. The van der Waals surface area contributed by atoms with Crippen LogP contribution in [-0.2, 0) is 0 Å². The molecule has 0 bridgehead atoms. The summed E-state index contributed by atoms with van der Waals surface area (Å²) in [7, 11) is 2.00. The summed E-state index contributed by atoms with van der Waals surface area (Å²) in [5.41, 5.74) is 1.54. The number of H-pyrrole nitrogens is 1. The van der Waals surface area contributed by atoms with Crippen molar-refractivity contribution in [2.24, 2.45) is 5.92 Å². The normalized spacial score (nSPS) is 18.9. The Balaban J connectivity index is 1.48. The molecule has 3 aromatic rings. The van der Waals surface area contributed by atoms with Crippen molar-refractivity contribution < 1.29 is 14.7 Å². The number of urea groups is 1. The van der Waals surface area contributed by atoms with Crippen LogP contribution in [0.25, 0.3) is 11.0 Å². The van der Waals surface area contributed by atoms with E-state index in [-0.39, 0.29) is 17.6 Å². The van der Waals surface area contributed by atoms with Gasteiger partial charge in [0, 0.05) is 32.0 Å². The lowest BCUT2D eigenvalue weighted by molar-refractivity contribution is 0.0697. The molecular formula is C21H24N6O3. The number of likely N-dealkylation sites (N-methyl/N-ethyl adjacent to an activating group) is 1. The molecule has 1 aromatic carbocycles. The lowest BCUT2D eigenvalue weighted by Gasteiger charge is -2.42.